The number of fused-ring (bicyclic) bond motifs is 1. The zero-order valence-electron chi connectivity index (χ0n) is 13.6. The molecule has 0 unspecified atom stereocenters. The van der Waals surface area contributed by atoms with Crippen molar-refractivity contribution in [1.29, 1.82) is 0 Å². The van der Waals surface area contributed by atoms with Gasteiger partial charge < -0.3 is 15.8 Å². The fourth-order valence-corrected chi connectivity index (χ4v) is 3.67. The van der Waals surface area contributed by atoms with E-state index < -0.39 is 11.9 Å². The van der Waals surface area contributed by atoms with Gasteiger partial charge in [0.1, 0.15) is 10.6 Å². The van der Waals surface area contributed by atoms with E-state index in [2.05, 4.69) is 20.6 Å². The Labute approximate surface area is 147 Å². The van der Waals surface area contributed by atoms with E-state index in [1.54, 1.807) is 11.3 Å². The van der Waals surface area contributed by atoms with Crippen LogP contribution in [0.15, 0.2) is 5.16 Å². The summed E-state index contributed by atoms with van der Waals surface area (Å²) >= 11 is 2.67. The number of urea groups is 1. The number of amides is 3. The molecule has 0 aliphatic rings. The number of ether oxygens (including phenoxy) is 1. The maximum absolute atomic E-state index is 11.8. The molecule has 0 fully saturated rings. The molecule has 0 bridgehead atoms. The van der Waals surface area contributed by atoms with E-state index in [1.165, 1.54) is 7.11 Å². The lowest BCUT2D eigenvalue weighted by Gasteiger charge is -2.06. The van der Waals surface area contributed by atoms with Gasteiger partial charge in [0.2, 0.25) is 5.91 Å². The number of rotatable bonds is 6. The predicted molar refractivity (Wildman–Crippen MR) is 95.4 cm³/mol. The number of hydrogen-bond acceptors (Lipinski definition) is 8. The van der Waals surface area contributed by atoms with E-state index in [0.29, 0.717) is 24.1 Å². The topological polar surface area (TPSA) is 119 Å². The smallest absolute Gasteiger partial charge is 0.321 e. The molecule has 130 valence electrons. The van der Waals surface area contributed by atoms with Gasteiger partial charge in [-0.2, -0.15) is 0 Å². The Morgan fingerprint density at radius 1 is 1.33 bits per heavy atom. The number of nitrogens with zero attached hydrogens (tertiary/aromatic N) is 2. The van der Waals surface area contributed by atoms with E-state index >= 15 is 0 Å². The van der Waals surface area contributed by atoms with Crippen LogP contribution in [0.2, 0.25) is 0 Å². The third kappa shape index (κ3) is 4.56. The van der Waals surface area contributed by atoms with Crippen LogP contribution in [-0.2, 0) is 9.53 Å². The van der Waals surface area contributed by atoms with E-state index in [4.69, 9.17) is 10.5 Å². The molecule has 10 heteroatoms. The lowest BCUT2D eigenvalue weighted by atomic mass is 10.2. The van der Waals surface area contributed by atoms with Crippen LogP contribution in [0.5, 0.6) is 0 Å². The van der Waals surface area contributed by atoms with Crippen LogP contribution >= 0.6 is 23.1 Å². The van der Waals surface area contributed by atoms with E-state index in [1.807, 2.05) is 13.8 Å². The molecular weight excluding hydrogens is 350 g/mol. The first-order chi connectivity index (χ1) is 11.4. The maximum atomic E-state index is 11.8. The average Bonchev–Trinajstić information content (AvgIpc) is 2.80. The molecule has 0 aliphatic carbocycles. The molecule has 24 heavy (non-hydrogen) atoms. The predicted octanol–water partition coefficient (Wildman–Crippen LogP) is 1.45. The third-order valence-corrected chi connectivity index (χ3v) is 5.16. The first-order valence-corrected chi connectivity index (χ1v) is 8.95. The highest BCUT2D eigenvalue weighted by atomic mass is 32.2. The molecule has 0 aromatic carbocycles. The Morgan fingerprint density at radius 2 is 2.08 bits per heavy atom. The molecule has 0 atom stereocenters. The normalized spacial score (nSPS) is 10.8. The molecule has 2 aromatic rings. The van der Waals surface area contributed by atoms with Gasteiger partial charge in [0.15, 0.2) is 5.16 Å². The van der Waals surface area contributed by atoms with Gasteiger partial charge in [-0.3, -0.25) is 10.1 Å². The molecule has 0 saturated heterocycles. The SMILES string of the molecule is COCCNC(=O)NC(=O)CSc1nc(N)c2c(C)c(C)sc2n1. The van der Waals surface area contributed by atoms with Crippen molar-refractivity contribution in [3.63, 3.8) is 0 Å². The number of carbonyl (C=O) groups excluding carboxylic acids is 2. The van der Waals surface area contributed by atoms with Gasteiger partial charge in [0.05, 0.1) is 17.7 Å². The second kappa shape index (κ2) is 8.27. The summed E-state index contributed by atoms with van der Waals surface area (Å²) < 4.78 is 4.80. The van der Waals surface area contributed by atoms with Gasteiger partial charge in [-0.25, -0.2) is 14.8 Å². The van der Waals surface area contributed by atoms with Crippen LogP contribution in [0.3, 0.4) is 0 Å². The summed E-state index contributed by atoms with van der Waals surface area (Å²) in [6.45, 7) is 4.69. The second-order valence-electron chi connectivity index (χ2n) is 4.94. The van der Waals surface area contributed by atoms with Crippen LogP contribution in [0.4, 0.5) is 10.6 Å². The zero-order chi connectivity index (χ0) is 17.7. The van der Waals surface area contributed by atoms with Gasteiger partial charge in [-0.05, 0) is 19.4 Å². The van der Waals surface area contributed by atoms with Crippen molar-refractivity contribution in [3.05, 3.63) is 10.4 Å². The van der Waals surface area contributed by atoms with Gasteiger partial charge in [0, 0.05) is 18.5 Å². The minimum absolute atomic E-state index is 0.0198. The zero-order valence-corrected chi connectivity index (χ0v) is 15.3. The van der Waals surface area contributed by atoms with E-state index in [9.17, 15) is 9.59 Å². The van der Waals surface area contributed by atoms with Crippen molar-refractivity contribution in [2.24, 2.45) is 0 Å². The standard InChI is InChI=1S/C14H19N5O3S2/c1-7-8(2)24-12-10(7)11(15)18-14(19-12)23-6-9(20)17-13(21)16-4-5-22-3/h4-6H2,1-3H3,(H2,15,18,19)(H2,16,17,20,21). The first kappa shape index (κ1) is 18.4. The highest BCUT2D eigenvalue weighted by Gasteiger charge is 2.14. The third-order valence-electron chi connectivity index (χ3n) is 3.21. The molecule has 0 spiro atoms. The summed E-state index contributed by atoms with van der Waals surface area (Å²) in [5.74, 6) is -0.01000. The second-order valence-corrected chi connectivity index (χ2v) is 7.09. The molecule has 4 N–H and O–H groups in total. The van der Waals surface area contributed by atoms with Crippen LogP contribution in [0, 0.1) is 13.8 Å². The number of thiophene rings is 1. The van der Waals surface area contributed by atoms with Gasteiger partial charge >= 0.3 is 6.03 Å². The number of anilines is 1. The number of nitrogens with one attached hydrogen (secondary N) is 2. The molecule has 2 aromatic heterocycles. The summed E-state index contributed by atoms with van der Waals surface area (Å²) in [4.78, 5) is 33.8. The number of hydrogen-bond donors (Lipinski definition) is 3. The quantitative estimate of drug-likeness (QED) is 0.400. The van der Waals surface area contributed by atoms with E-state index in [0.717, 1.165) is 32.4 Å². The summed E-state index contributed by atoms with van der Waals surface area (Å²) in [6.07, 6.45) is 0. The molecule has 3 amide bonds. The summed E-state index contributed by atoms with van der Waals surface area (Å²) in [6, 6.07) is -0.557. The van der Waals surface area contributed by atoms with Crippen molar-refractivity contribution < 1.29 is 14.3 Å². The van der Waals surface area contributed by atoms with Crippen molar-refractivity contribution in [2.75, 3.05) is 31.7 Å². The van der Waals surface area contributed by atoms with Gasteiger partial charge in [-0.15, -0.1) is 11.3 Å². The minimum Gasteiger partial charge on any atom is -0.383 e. The molecule has 8 nitrogen and oxygen atoms in total. The number of aryl methyl sites for hydroxylation is 2. The van der Waals surface area contributed by atoms with Gasteiger partial charge in [-0.1, -0.05) is 11.8 Å². The highest BCUT2D eigenvalue weighted by Crippen LogP contribution is 2.33. The van der Waals surface area contributed by atoms with Crippen molar-refractivity contribution in [1.82, 2.24) is 20.6 Å². The summed E-state index contributed by atoms with van der Waals surface area (Å²) in [5, 5.41) is 6.00. The molecule has 2 heterocycles. The van der Waals surface area contributed by atoms with Crippen molar-refractivity contribution >= 4 is 51.1 Å². The number of methoxy groups -OCH3 is 1. The van der Waals surface area contributed by atoms with Crippen LogP contribution in [0.25, 0.3) is 10.2 Å². The highest BCUT2D eigenvalue weighted by molar-refractivity contribution is 7.99. The Kier molecular flexibility index (Phi) is 6.35. The fourth-order valence-electron chi connectivity index (χ4n) is 1.93. The average molecular weight is 369 g/mol. The summed E-state index contributed by atoms with van der Waals surface area (Å²) in [5.41, 5.74) is 7.07. The Morgan fingerprint density at radius 3 is 2.79 bits per heavy atom. The Bertz CT molecular complexity index is 762. The molecule has 2 rings (SSSR count). The minimum atomic E-state index is -0.557. The van der Waals surface area contributed by atoms with Crippen LogP contribution in [0.1, 0.15) is 10.4 Å². The van der Waals surface area contributed by atoms with Gasteiger partial charge in [0.25, 0.3) is 0 Å². The van der Waals surface area contributed by atoms with Crippen molar-refractivity contribution in [3.8, 4) is 0 Å². The first-order valence-electron chi connectivity index (χ1n) is 7.15. The number of thioether (sulfide) groups is 1. The monoisotopic (exact) mass is 369 g/mol. The molecule has 0 saturated carbocycles. The van der Waals surface area contributed by atoms with Crippen molar-refractivity contribution in [2.45, 2.75) is 19.0 Å². The maximum Gasteiger partial charge on any atom is 0.321 e. The number of aromatic nitrogens is 2. The molecule has 0 aliphatic heterocycles. The summed E-state index contributed by atoms with van der Waals surface area (Å²) in [7, 11) is 1.53. The van der Waals surface area contributed by atoms with E-state index in [-0.39, 0.29) is 5.75 Å². The fraction of sp³-hybridized carbons (Fsp3) is 0.429. The number of nitrogens with two attached hydrogens (primary N) is 1. The largest absolute Gasteiger partial charge is 0.383 e. The number of imide groups is 1. The Hall–Kier alpha value is -1.91. The van der Waals surface area contributed by atoms with Crippen LogP contribution in [-0.4, -0.2) is 47.9 Å². The number of carbonyl (C=O) groups is 2. The Balaban J connectivity index is 1.93. The number of nitrogen functional groups attached to an aromatic ring is 1. The lowest BCUT2D eigenvalue weighted by Crippen LogP contribution is -2.41. The molecule has 0 radical (unpaired) electrons. The lowest BCUT2D eigenvalue weighted by molar-refractivity contribution is -0.117. The molecular formula is C14H19N5O3S2. The van der Waals surface area contributed by atoms with Crippen LogP contribution < -0.4 is 16.4 Å².